The summed E-state index contributed by atoms with van der Waals surface area (Å²) in [6.45, 7) is 7.67. The second kappa shape index (κ2) is 8.59. The standard InChI is InChI=1S/C29H38O11/c1-15(30)16-7-5-6-8-20(32)37-18-11-19-29(14-36-29)27(18,4)28(10-9-25(2)21(39-25)22(28)38-19)13-35-24(33)23-26(3,40-23)17(31)12-34-16/h5-8,15-19,21-23,30-31H,9-14H2,1-4H3/b7-5+,8-6-/t15-,16+,17-,18+,19+,21-,22+,23+,25+,26+,27+,28+,29-/m0/s1. The molecule has 6 fully saturated rings. The Hall–Kier alpha value is -1.86. The normalized spacial score (nSPS) is 57.2. The molecule has 5 heterocycles. The summed E-state index contributed by atoms with van der Waals surface area (Å²) in [4.78, 5) is 26.4. The topological polar surface area (TPSA) is 149 Å². The van der Waals surface area contributed by atoms with Gasteiger partial charge < -0.3 is 43.4 Å². The van der Waals surface area contributed by atoms with Crippen molar-refractivity contribution in [2.75, 3.05) is 19.8 Å². The first-order chi connectivity index (χ1) is 18.9. The predicted molar refractivity (Wildman–Crippen MR) is 135 cm³/mol. The second-order valence-corrected chi connectivity index (χ2v) is 13.2. The summed E-state index contributed by atoms with van der Waals surface area (Å²) in [5, 5.41) is 20.9. The molecule has 13 atom stereocenters. The molecule has 2 aliphatic carbocycles. The molecule has 2 N–H and O–H groups in total. The van der Waals surface area contributed by atoms with E-state index in [9.17, 15) is 19.8 Å². The van der Waals surface area contributed by atoms with Gasteiger partial charge >= 0.3 is 11.9 Å². The van der Waals surface area contributed by atoms with Crippen LogP contribution in [0.3, 0.4) is 0 Å². The molecule has 220 valence electrons. The van der Waals surface area contributed by atoms with Crippen LogP contribution < -0.4 is 0 Å². The van der Waals surface area contributed by atoms with Crippen molar-refractivity contribution in [2.45, 2.75) is 113 Å². The minimum atomic E-state index is -1.18. The molecule has 2 bridgehead atoms. The summed E-state index contributed by atoms with van der Waals surface area (Å²) >= 11 is 0. The maximum atomic E-state index is 13.4. The molecule has 4 saturated heterocycles. The molecule has 0 radical (unpaired) electrons. The molecule has 2 saturated carbocycles. The van der Waals surface area contributed by atoms with E-state index >= 15 is 0 Å². The van der Waals surface area contributed by atoms with Gasteiger partial charge in [-0.15, -0.1) is 0 Å². The Morgan fingerprint density at radius 2 is 1.80 bits per heavy atom. The smallest absolute Gasteiger partial charge is 0.338 e. The molecule has 0 aromatic rings. The molecule has 5 aliphatic heterocycles. The molecule has 2 spiro atoms. The van der Waals surface area contributed by atoms with Gasteiger partial charge in [-0.25, -0.2) is 9.59 Å². The first-order valence-corrected chi connectivity index (χ1v) is 14.3. The summed E-state index contributed by atoms with van der Waals surface area (Å²) < 4.78 is 42.6. The van der Waals surface area contributed by atoms with E-state index in [4.69, 9.17) is 33.2 Å². The zero-order valence-corrected chi connectivity index (χ0v) is 23.2. The van der Waals surface area contributed by atoms with Gasteiger partial charge in [0.25, 0.3) is 0 Å². The van der Waals surface area contributed by atoms with Crippen molar-refractivity contribution in [3.8, 4) is 0 Å². The Morgan fingerprint density at radius 3 is 2.52 bits per heavy atom. The van der Waals surface area contributed by atoms with Crippen molar-refractivity contribution >= 4 is 11.9 Å². The third kappa shape index (κ3) is 3.55. The van der Waals surface area contributed by atoms with Crippen molar-refractivity contribution in [3.05, 3.63) is 24.3 Å². The summed E-state index contributed by atoms with van der Waals surface area (Å²) in [7, 11) is 0. The van der Waals surface area contributed by atoms with Crippen LogP contribution in [-0.4, -0.2) is 108 Å². The maximum absolute atomic E-state index is 13.4. The van der Waals surface area contributed by atoms with E-state index in [2.05, 4.69) is 13.8 Å². The highest BCUT2D eigenvalue weighted by Crippen LogP contribution is 2.75. The fourth-order valence-corrected chi connectivity index (χ4v) is 8.09. The van der Waals surface area contributed by atoms with Crippen LogP contribution >= 0.6 is 0 Å². The molecule has 0 amide bonds. The van der Waals surface area contributed by atoms with Gasteiger partial charge in [-0.05, 0) is 33.6 Å². The molecule has 0 aromatic heterocycles. The number of cyclic esters (lactones) is 1. The molecular weight excluding hydrogens is 524 g/mol. The summed E-state index contributed by atoms with van der Waals surface area (Å²) in [6, 6.07) is 0. The Balaban J connectivity index is 1.25. The van der Waals surface area contributed by atoms with Crippen molar-refractivity contribution in [2.24, 2.45) is 10.8 Å². The number of carbonyl (C=O) groups excluding carboxylic acids is 2. The van der Waals surface area contributed by atoms with Crippen LogP contribution in [0.15, 0.2) is 24.3 Å². The van der Waals surface area contributed by atoms with Crippen LogP contribution in [0, 0.1) is 10.8 Å². The van der Waals surface area contributed by atoms with Gasteiger partial charge in [0.2, 0.25) is 0 Å². The lowest BCUT2D eigenvalue weighted by molar-refractivity contribution is -0.251. The van der Waals surface area contributed by atoms with Crippen LogP contribution in [-0.2, 0) is 42.7 Å². The van der Waals surface area contributed by atoms with Crippen LogP contribution in [0.2, 0.25) is 0 Å². The number of esters is 2. The number of epoxide rings is 3. The van der Waals surface area contributed by atoms with E-state index in [1.165, 1.54) is 12.2 Å². The third-order valence-corrected chi connectivity index (χ3v) is 11.1. The van der Waals surface area contributed by atoms with E-state index < -0.39 is 64.5 Å². The largest absolute Gasteiger partial charge is 0.463 e. The van der Waals surface area contributed by atoms with Gasteiger partial charge in [0.15, 0.2) is 6.10 Å². The monoisotopic (exact) mass is 562 g/mol. The second-order valence-electron chi connectivity index (χ2n) is 13.2. The van der Waals surface area contributed by atoms with Crippen LogP contribution in [0.1, 0.15) is 47.0 Å². The molecule has 40 heavy (non-hydrogen) atoms. The van der Waals surface area contributed by atoms with E-state index in [1.54, 1.807) is 26.0 Å². The fraction of sp³-hybridized carbons (Fsp3) is 0.793. The van der Waals surface area contributed by atoms with Gasteiger partial charge in [0, 0.05) is 17.9 Å². The Kier molecular flexibility index (Phi) is 5.80. The van der Waals surface area contributed by atoms with E-state index in [-0.39, 0.29) is 37.1 Å². The number of aliphatic hydroxyl groups excluding tert-OH is 2. The van der Waals surface area contributed by atoms with Crippen molar-refractivity contribution in [1.29, 1.82) is 0 Å². The van der Waals surface area contributed by atoms with Gasteiger partial charge in [-0.3, -0.25) is 0 Å². The van der Waals surface area contributed by atoms with Gasteiger partial charge in [0.1, 0.15) is 42.2 Å². The number of hydrogen-bond acceptors (Lipinski definition) is 11. The lowest BCUT2D eigenvalue weighted by atomic mass is 9.50. The number of rotatable bonds is 1. The van der Waals surface area contributed by atoms with Gasteiger partial charge in [0.05, 0.1) is 42.5 Å². The third-order valence-electron chi connectivity index (χ3n) is 11.1. The minimum absolute atomic E-state index is 0.0139. The van der Waals surface area contributed by atoms with E-state index in [0.717, 1.165) is 6.42 Å². The Labute approximate surface area is 232 Å². The zero-order valence-electron chi connectivity index (χ0n) is 23.2. The van der Waals surface area contributed by atoms with Crippen LogP contribution in [0.4, 0.5) is 0 Å². The zero-order chi connectivity index (χ0) is 28.3. The van der Waals surface area contributed by atoms with E-state index in [1.807, 2.05) is 0 Å². The lowest BCUT2D eigenvalue weighted by Crippen LogP contribution is -2.69. The summed E-state index contributed by atoms with van der Waals surface area (Å²) in [5.41, 5.74) is -3.54. The molecule has 0 aromatic carbocycles. The Morgan fingerprint density at radius 1 is 1.02 bits per heavy atom. The number of ether oxygens (including phenoxy) is 7. The predicted octanol–water partition coefficient (Wildman–Crippen LogP) is 0.736. The molecule has 7 aliphatic rings. The quantitative estimate of drug-likeness (QED) is 0.344. The van der Waals surface area contributed by atoms with Gasteiger partial charge in [-0.1, -0.05) is 25.2 Å². The van der Waals surface area contributed by atoms with Crippen molar-refractivity contribution < 1.29 is 53.0 Å². The average molecular weight is 563 g/mol. The number of allylic oxidation sites excluding steroid dienone is 2. The van der Waals surface area contributed by atoms with Crippen LogP contribution in [0.5, 0.6) is 0 Å². The van der Waals surface area contributed by atoms with Crippen molar-refractivity contribution in [1.82, 2.24) is 0 Å². The summed E-state index contributed by atoms with van der Waals surface area (Å²) in [6.07, 6.45) is 2.83. The average Bonchev–Trinajstić information content (AvgIpc) is 3.81. The highest BCUT2D eigenvalue weighted by atomic mass is 16.7. The molecule has 11 heteroatoms. The maximum Gasteiger partial charge on any atom is 0.338 e. The highest BCUT2D eigenvalue weighted by molar-refractivity contribution is 5.82. The first-order valence-electron chi connectivity index (χ1n) is 14.3. The highest BCUT2D eigenvalue weighted by Gasteiger charge is 2.86. The number of aliphatic hydroxyl groups is 2. The minimum Gasteiger partial charge on any atom is -0.463 e. The molecular formula is C29H38O11. The van der Waals surface area contributed by atoms with Crippen LogP contribution in [0.25, 0.3) is 0 Å². The van der Waals surface area contributed by atoms with Crippen molar-refractivity contribution in [3.63, 3.8) is 0 Å². The van der Waals surface area contributed by atoms with Gasteiger partial charge in [-0.2, -0.15) is 0 Å². The first kappa shape index (κ1) is 27.0. The number of carbonyl (C=O) groups is 2. The van der Waals surface area contributed by atoms with E-state index in [0.29, 0.717) is 19.4 Å². The molecule has 11 nitrogen and oxygen atoms in total. The molecule has 7 rings (SSSR count). The fourth-order valence-electron chi connectivity index (χ4n) is 8.09. The summed E-state index contributed by atoms with van der Waals surface area (Å²) in [5.74, 6) is -1.10. The lowest BCUT2D eigenvalue weighted by Gasteiger charge is -2.58. The SMILES string of the molecule is C[C@H](O)[C@H]1/C=C/C=C\C(=O)O[C@@H]2C[C@H]3O[C@@H]4[C@@H]5O[C@]5(C)CC[C@]4(COC(=O)[C@H]4O[C@]4(C)[C@@H](O)CO1)[C@]2(C)[C@]31CO1. The number of hydrogen-bond donors (Lipinski definition) is 2. The number of fused-ring (bicyclic) bond motifs is 3. The Bertz CT molecular complexity index is 1160. The molecule has 0 unspecified atom stereocenters.